The molecule has 0 aliphatic heterocycles. The van der Waals surface area contributed by atoms with E-state index in [1.165, 1.54) is 6.92 Å². The van der Waals surface area contributed by atoms with Crippen LogP contribution in [0.25, 0.3) is 0 Å². The summed E-state index contributed by atoms with van der Waals surface area (Å²) in [6.07, 6.45) is 0.627. The number of carbonyl (C=O) groups is 1. The van der Waals surface area contributed by atoms with Crippen LogP contribution in [0.5, 0.6) is 0 Å². The fourth-order valence-electron chi connectivity index (χ4n) is 0.601. The lowest BCUT2D eigenvalue weighted by Gasteiger charge is -2.12. The van der Waals surface area contributed by atoms with Gasteiger partial charge in [-0.15, -0.1) is 11.6 Å². The van der Waals surface area contributed by atoms with Gasteiger partial charge in [-0.25, -0.2) is 0 Å². The Labute approximate surface area is 71.6 Å². The van der Waals surface area contributed by atoms with E-state index in [0.29, 0.717) is 18.9 Å². The fraction of sp³-hybridized carbons (Fsp3) is 0.857. The molecule has 1 unspecified atom stereocenters. The highest BCUT2D eigenvalue weighted by molar-refractivity contribution is 6.17. The van der Waals surface area contributed by atoms with Crippen molar-refractivity contribution in [2.24, 2.45) is 0 Å². The zero-order valence-electron chi connectivity index (χ0n) is 6.80. The summed E-state index contributed by atoms with van der Waals surface area (Å²) in [7, 11) is 1.57. The number of methoxy groups -OCH3 is 1. The maximum absolute atomic E-state index is 10.4. The van der Waals surface area contributed by atoms with Crippen LogP contribution in [0.15, 0.2) is 0 Å². The second-order valence-corrected chi connectivity index (χ2v) is 2.52. The average Bonchev–Trinajstić information content (AvgIpc) is 1.97. The van der Waals surface area contributed by atoms with Crippen LogP contribution in [0.4, 0.5) is 0 Å². The summed E-state index contributed by atoms with van der Waals surface area (Å²) in [6, 6.07) is 0. The first kappa shape index (κ1) is 10.7. The summed E-state index contributed by atoms with van der Waals surface area (Å²) >= 11 is 5.47. The number of rotatable bonds is 5. The number of alkyl halides is 1. The Bertz CT molecular complexity index is 116. The van der Waals surface area contributed by atoms with Crippen LogP contribution in [0, 0.1) is 0 Å². The van der Waals surface area contributed by atoms with Crippen molar-refractivity contribution < 1.29 is 14.3 Å². The van der Waals surface area contributed by atoms with Crippen LogP contribution in [0.3, 0.4) is 0 Å². The van der Waals surface area contributed by atoms with E-state index in [9.17, 15) is 4.79 Å². The SMILES string of the molecule is COC(CCCl)COC(C)=O. The predicted molar refractivity (Wildman–Crippen MR) is 42.8 cm³/mol. The Morgan fingerprint density at radius 2 is 2.27 bits per heavy atom. The van der Waals surface area contributed by atoms with Gasteiger partial charge < -0.3 is 9.47 Å². The quantitative estimate of drug-likeness (QED) is 0.471. The molecule has 0 spiro atoms. The molecule has 0 radical (unpaired) electrons. The monoisotopic (exact) mass is 180 g/mol. The highest BCUT2D eigenvalue weighted by Gasteiger charge is 2.07. The Hall–Kier alpha value is -0.280. The van der Waals surface area contributed by atoms with Gasteiger partial charge in [0.2, 0.25) is 0 Å². The number of hydrogen-bond donors (Lipinski definition) is 0. The second-order valence-electron chi connectivity index (χ2n) is 2.14. The first-order valence-corrected chi connectivity index (χ1v) is 3.96. The molecule has 11 heavy (non-hydrogen) atoms. The molecule has 0 saturated carbocycles. The van der Waals surface area contributed by atoms with Gasteiger partial charge in [-0.3, -0.25) is 4.79 Å². The molecule has 0 N–H and O–H groups in total. The van der Waals surface area contributed by atoms with Crippen LogP contribution >= 0.6 is 11.6 Å². The lowest BCUT2D eigenvalue weighted by Crippen LogP contribution is -2.20. The fourth-order valence-corrected chi connectivity index (χ4v) is 0.845. The van der Waals surface area contributed by atoms with Crippen molar-refractivity contribution in [3.63, 3.8) is 0 Å². The standard InChI is InChI=1S/C7H13ClO3/c1-6(9)11-5-7(10-2)3-4-8/h7H,3-5H2,1-2H3. The number of carbonyl (C=O) groups excluding carboxylic acids is 1. The van der Waals surface area contributed by atoms with Crippen molar-refractivity contribution in [2.75, 3.05) is 19.6 Å². The lowest BCUT2D eigenvalue weighted by atomic mass is 10.3. The van der Waals surface area contributed by atoms with Crippen LogP contribution < -0.4 is 0 Å². The van der Waals surface area contributed by atoms with E-state index in [4.69, 9.17) is 21.1 Å². The van der Waals surface area contributed by atoms with Crippen molar-refractivity contribution in [2.45, 2.75) is 19.4 Å². The molecule has 3 nitrogen and oxygen atoms in total. The Kier molecular flexibility index (Phi) is 6.27. The molecule has 0 heterocycles. The van der Waals surface area contributed by atoms with Crippen LogP contribution in [0.1, 0.15) is 13.3 Å². The van der Waals surface area contributed by atoms with E-state index < -0.39 is 0 Å². The molecule has 0 aromatic carbocycles. The van der Waals surface area contributed by atoms with Gasteiger partial charge in [-0.05, 0) is 6.42 Å². The third-order valence-corrected chi connectivity index (χ3v) is 1.46. The topological polar surface area (TPSA) is 35.5 Å². The minimum atomic E-state index is -0.290. The van der Waals surface area contributed by atoms with Gasteiger partial charge in [0, 0.05) is 19.9 Å². The summed E-state index contributed by atoms with van der Waals surface area (Å²) in [5.74, 6) is 0.223. The molecule has 0 rings (SSSR count). The van der Waals surface area contributed by atoms with Gasteiger partial charge >= 0.3 is 5.97 Å². The molecular formula is C7H13ClO3. The molecular weight excluding hydrogens is 168 g/mol. The third-order valence-electron chi connectivity index (χ3n) is 1.24. The van der Waals surface area contributed by atoms with E-state index in [-0.39, 0.29) is 12.1 Å². The van der Waals surface area contributed by atoms with Gasteiger partial charge in [-0.1, -0.05) is 0 Å². The van der Waals surface area contributed by atoms with Gasteiger partial charge in [0.25, 0.3) is 0 Å². The smallest absolute Gasteiger partial charge is 0.302 e. The molecule has 0 aromatic rings. The molecule has 4 heteroatoms. The maximum atomic E-state index is 10.4. The zero-order valence-corrected chi connectivity index (χ0v) is 7.56. The molecule has 0 aliphatic rings. The number of halogens is 1. The van der Waals surface area contributed by atoms with Crippen molar-refractivity contribution in [3.05, 3.63) is 0 Å². The van der Waals surface area contributed by atoms with E-state index in [2.05, 4.69) is 0 Å². The first-order chi connectivity index (χ1) is 5.20. The second kappa shape index (κ2) is 6.43. The minimum absolute atomic E-state index is 0.0728. The van der Waals surface area contributed by atoms with Gasteiger partial charge in [0.05, 0.1) is 6.10 Å². The Morgan fingerprint density at radius 1 is 1.64 bits per heavy atom. The van der Waals surface area contributed by atoms with E-state index in [0.717, 1.165) is 0 Å². The molecule has 0 amide bonds. The van der Waals surface area contributed by atoms with Crippen molar-refractivity contribution in [1.82, 2.24) is 0 Å². The van der Waals surface area contributed by atoms with Crippen molar-refractivity contribution >= 4 is 17.6 Å². The molecule has 1 atom stereocenters. The average molecular weight is 181 g/mol. The molecule has 0 aliphatic carbocycles. The summed E-state index contributed by atoms with van der Waals surface area (Å²) in [4.78, 5) is 10.4. The van der Waals surface area contributed by atoms with E-state index >= 15 is 0 Å². The Morgan fingerprint density at radius 3 is 2.64 bits per heavy atom. The molecule has 0 aromatic heterocycles. The molecule has 66 valence electrons. The lowest BCUT2D eigenvalue weighted by molar-refractivity contribution is -0.144. The summed E-state index contributed by atoms with van der Waals surface area (Å²) in [6.45, 7) is 1.66. The highest BCUT2D eigenvalue weighted by atomic mass is 35.5. The molecule has 0 bridgehead atoms. The largest absolute Gasteiger partial charge is 0.463 e. The zero-order chi connectivity index (χ0) is 8.69. The summed E-state index contributed by atoms with van der Waals surface area (Å²) in [5, 5.41) is 0. The summed E-state index contributed by atoms with van der Waals surface area (Å²) < 4.78 is 9.70. The normalized spacial score (nSPS) is 12.6. The van der Waals surface area contributed by atoms with Crippen LogP contribution in [0.2, 0.25) is 0 Å². The van der Waals surface area contributed by atoms with E-state index in [1.807, 2.05) is 0 Å². The van der Waals surface area contributed by atoms with Gasteiger partial charge in [0.15, 0.2) is 0 Å². The Balaban J connectivity index is 3.43. The van der Waals surface area contributed by atoms with Crippen molar-refractivity contribution in [1.29, 1.82) is 0 Å². The first-order valence-electron chi connectivity index (χ1n) is 3.42. The number of hydrogen-bond acceptors (Lipinski definition) is 3. The molecule has 0 fully saturated rings. The minimum Gasteiger partial charge on any atom is -0.463 e. The maximum Gasteiger partial charge on any atom is 0.302 e. The predicted octanol–water partition coefficient (Wildman–Crippen LogP) is 1.19. The third kappa shape index (κ3) is 6.13. The van der Waals surface area contributed by atoms with Gasteiger partial charge in [-0.2, -0.15) is 0 Å². The highest BCUT2D eigenvalue weighted by Crippen LogP contribution is 1.99. The summed E-state index contributed by atoms with van der Waals surface area (Å²) in [5.41, 5.74) is 0. The van der Waals surface area contributed by atoms with Crippen LogP contribution in [-0.2, 0) is 14.3 Å². The molecule has 0 saturated heterocycles. The van der Waals surface area contributed by atoms with E-state index in [1.54, 1.807) is 7.11 Å². The number of ether oxygens (including phenoxy) is 2. The van der Waals surface area contributed by atoms with Gasteiger partial charge in [0.1, 0.15) is 6.61 Å². The number of esters is 1. The van der Waals surface area contributed by atoms with Crippen molar-refractivity contribution in [3.8, 4) is 0 Å². The van der Waals surface area contributed by atoms with Crippen LogP contribution in [-0.4, -0.2) is 31.7 Å².